The number of carbonyl (C=O) groups excluding carboxylic acids is 1. The molecule has 2 bridgehead atoms. The van der Waals surface area contributed by atoms with Crippen molar-refractivity contribution in [2.24, 2.45) is 23.7 Å². The summed E-state index contributed by atoms with van der Waals surface area (Å²) in [6.45, 7) is 2.11. The molecule has 1 aliphatic heterocycles. The van der Waals surface area contributed by atoms with Crippen LogP contribution in [-0.2, 0) is 9.59 Å². The summed E-state index contributed by atoms with van der Waals surface area (Å²) in [6.07, 6.45) is 4.72. The Kier molecular flexibility index (Phi) is 3.98. The molecule has 0 radical (unpaired) electrons. The second-order valence-corrected chi connectivity index (χ2v) is 7.10. The largest absolute Gasteiger partial charge is 0.481 e. The van der Waals surface area contributed by atoms with Gasteiger partial charge in [-0.3, -0.25) is 9.59 Å². The Morgan fingerprint density at radius 3 is 2.28 bits per heavy atom. The van der Waals surface area contributed by atoms with Gasteiger partial charge in [0.25, 0.3) is 0 Å². The van der Waals surface area contributed by atoms with Gasteiger partial charge in [-0.2, -0.15) is 0 Å². The highest BCUT2D eigenvalue weighted by molar-refractivity contribution is 5.87. The third kappa shape index (κ3) is 2.69. The van der Waals surface area contributed by atoms with Gasteiger partial charge in [-0.15, -0.1) is 0 Å². The van der Waals surface area contributed by atoms with Gasteiger partial charge < -0.3 is 14.9 Å². The van der Waals surface area contributed by atoms with Crippen LogP contribution >= 0.6 is 0 Å². The zero-order valence-electron chi connectivity index (χ0n) is 13.8. The number of carbonyl (C=O) groups is 2. The zero-order valence-corrected chi connectivity index (χ0v) is 13.8. The summed E-state index contributed by atoms with van der Waals surface area (Å²) >= 11 is 0. The average molecular weight is 344 g/mol. The molecule has 0 aromatic heterocycles. The molecular formula is C19H21FN2O3. The molecular weight excluding hydrogens is 323 g/mol. The molecule has 5 nitrogen and oxygen atoms in total. The van der Waals surface area contributed by atoms with E-state index in [0.29, 0.717) is 31.9 Å². The number of benzene rings is 1. The van der Waals surface area contributed by atoms with Gasteiger partial charge in [-0.1, -0.05) is 24.3 Å². The third-order valence-electron chi connectivity index (χ3n) is 5.81. The second kappa shape index (κ2) is 6.17. The van der Waals surface area contributed by atoms with Crippen molar-refractivity contribution in [2.45, 2.75) is 6.42 Å². The number of hydrogen-bond acceptors (Lipinski definition) is 3. The van der Waals surface area contributed by atoms with Crippen LogP contribution in [0.3, 0.4) is 0 Å². The lowest BCUT2D eigenvalue weighted by Crippen LogP contribution is -2.52. The Labute approximate surface area is 145 Å². The van der Waals surface area contributed by atoms with E-state index in [1.807, 2.05) is 17.1 Å². The van der Waals surface area contributed by atoms with E-state index in [-0.39, 0.29) is 23.6 Å². The van der Waals surface area contributed by atoms with Crippen LogP contribution in [0.15, 0.2) is 36.4 Å². The summed E-state index contributed by atoms with van der Waals surface area (Å²) in [7, 11) is 0. The SMILES string of the molecule is O=C(O)C1C2C=CC(C2)C1C(=O)N1CCN(c2ccccc2F)CC1. The van der Waals surface area contributed by atoms with E-state index < -0.39 is 17.8 Å². The second-order valence-electron chi connectivity index (χ2n) is 7.10. The molecule has 132 valence electrons. The predicted molar refractivity (Wildman–Crippen MR) is 90.5 cm³/mol. The monoisotopic (exact) mass is 344 g/mol. The van der Waals surface area contributed by atoms with Crippen LogP contribution in [0.4, 0.5) is 10.1 Å². The van der Waals surface area contributed by atoms with Crippen LogP contribution in [0.25, 0.3) is 0 Å². The maximum atomic E-state index is 13.9. The summed E-state index contributed by atoms with van der Waals surface area (Å²) in [5.41, 5.74) is 0.556. The van der Waals surface area contributed by atoms with Crippen LogP contribution < -0.4 is 4.90 Å². The maximum absolute atomic E-state index is 13.9. The molecule has 1 aromatic rings. The molecule has 0 spiro atoms. The van der Waals surface area contributed by atoms with E-state index in [1.165, 1.54) is 6.07 Å². The maximum Gasteiger partial charge on any atom is 0.307 e. The zero-order chi connectivity index (χ0) is 17.6. The fourth-order valence-corrected chi connectivity index (χ4v) is 4.58. The first kappa shape index (κ1) is 16.1. The molecule has 1 saturated carbocycles. The van der Waals surface area contributed by atoms with Crippen molar-refractivity contribution in [3.63, 3.8) is 0 Å². The number of nitrogens with zero attached hydrogens (tertiary/aromatic N) is 2. The fraction of sp³-hybridized carbons (Fsp3) is 0.474. The molecule has 4 unspecified atom stereocenters. The van der Waals surface area contributed by atoms with E-state index in [0.717, 1.165) is 6.42 Å². The smallest absolute Gasteiger partial charge is 0.307 e. The number of amides is 1. The van der Waals surface area contributed by atoms with Crippen molar-refractivity contribution in [1.82, 2.24) is 4.90 Å². The average Bonchev–Trinajstić information content (AvgIpc) is 3.23. The number of carboxylic acid groups (broad SMARTS) is 1. The predicted octanol–water partition coefficient (Wildman–Crippen LogP) is 2.00. The number of para-hydroxylation sites is 1. The molecule has 25 heavy (non-hydrogen) atoms. The highest BCUT2D eigenvalue weighted by Gasteiger charge is 2.52. The molecule has 1 amide bonds. The molecule has 4 atom stereocenters. The van der Waals surface area contributed by atoms with E-state index >= 15 is 0 Å². The minimum atomic E-state index is -0.875. The minimum absolute atomic E-state index is 0.0175. The fourth-order valence-electron chi connectivity index (χ4n) is 4.58. The van der Waals surface area contributed by atoms with Crippen LogP contribution in [0.5, 0.6) is 0 Å². The van der Waals surface area contributed by atoms with Crippen LogP contribution in [-0.4, -0.2) is 48.1 Å². The molecule has 1 N–H and O–H groups in total. The first-order valence-electron chi connectivity index (χ1n) is 8.75. The number of halogens is 1. The quantitative estimate of drug-likeness (QED) is 0.852. The summed E-state index contributed by atoms with van der Waals surface area (Å²) in [6, 6.07) is 6.64. The van der Waals surface area contributed by atoms with Gasteiger partial charge in [0.15, 0.2) is 0 Å². The number of piperazine rings is 1. The number of rotatable bonds is 3. The van der Waals surface area contributed by atoms with E-state index in [4.69, 9.17) is 0 Å². The number of anilines is 1. The van der Waals surface area contributed by atoms with Gasteiger partial charge >= 0.3 is 5.97 Å². The van der Waals surface area contributed by atoms with Crippen LogP contribution in [0.1, 0.15) is 6.42 Å². The normalized spacial score (nSPS) is 30.8. The van der Waals surface area contributed by atoms with E-state index in [2.05, 4.69) is 0 Å². The van der Waals surface area contributed by atoms with Gasteiger partial charge in [0.1, 0.15) is 5.82 Å². The van der Waals surface area contributed by atoms with Crippen LogP contribution in [0, 0.1) is 29.5 Å². The van der Waals surface area contributed by atoms with Crippen molar-refractivity contribution in [2.75, 3.05) is 31.1 Å². The van der Waals surface area contributed by atoms with Crippen molar-refractivity contribution in [1.29, 1.82) is 0 Å². The van der Waals surface area contributed by atoms with Crippen molar-refractivity contribution >= 4 is 17.6 Å². The standard InChI is InChI=1S/C19H21FN2O3/c20-14-3-1-2-4-15(14)21-7-9-22(10-8-21)18(23)16-12-5-6-13(11-12)17(16)19(24)25/h1-6,12-13,16-17H,7-11H2,(H,24,25). The Balaban J connectivity index is 1.44. The first-order valence-corrected chi connectivity index (χ1v) is 8.75. The molecule has 2 aliphatic carbocycles. The van der Waals surface area contributed by atoms with Gasteiger partial charge in [0.05, 0.1) is 17.5 Å². The summed E-state index contributed by atoms with van der Waals surface area (Å²) < 4.78 is 13.9. The van der Waals surface area contributed by atoms with Crippen LogP contribution in [0.2, 0.25) is 0 Å². The van der Waals surface area contributed by atoms with Crippen molar-refractivity contribution in [3.05, 3.63) is 42.2 Å². The molecule has 1 heterocycles. The summed E-state index contributed by atoms with van der Waals surface area (Å²) in [5.74, 6) is -2.22. The Morgan fingerprint density at radius 2 is 1.64 bits per heavy atom. The molecule has 3 aliphatic rings. The Morgan fingerprint density at radius 1 is 1.00 bits per heavy atom. The van der Waals surface area contributed by atoms with E-state index in [1.54, 1.807) is 23.1 Å². The molecule has 1 saturated heterocycles. The number of allylic oxidation sites excluding steroid dienone is 2. The van der Waals surface area contributed by atoms with Gasteiger partial charge in [0, 0.05) is 26.2 Å². The number of aliphatic carboxylic acids is 1. The number of fused-ring (bicyclic) bond motifs is 2. The lowest BCUT2D eigenvalue weighted by atomic mass is 9.82. The third-order valence-corrected chi connectivity index (χ3v) is 5.81. The molecule has 4 rings (SSSR count). The molecule has 6 heteroatoms. The summed E-state index contributed by atoms with van der Waals surface area (Å²) in [5, 5.41) is 9.52. The van der Waals surface area contributed by atoms with Gasteiger partial charge in [0.2, 0.25) is 5.91 Å². The number of carboxylic acids is 1. The number of hydrogen-bond donors (Lipinski definition) is 1. The summed E-state index contributed by atoms with van der Waals surface area (Å²) in [4.78, 5) is 28.3. The Bertz CT molecular complexity index is 727. The lowest BCUT2D eigenvalue weighted by molar-refractivity contribution is -0.151. The topological polar surface area (TPSA) is 60.9 Å². The van der Waals surface area contributed by atoms with Gasteiger partial charge in [-0.05, 0) is 30.4 Å². The molecule has 2 fully saturated rings. The molecule has 1 aromatic carbocycles. The minimum Gasteiger partial charge on any atom is -0.481 e. The first-order chi connectivity index (χ1) is 12.1. The highest BCUT2D eigenvalue weighted by atomic mass is 19.1. The Hall–Kier alpha value is -2.37. The van der Waals surface area contributed by atoms with Gasteiger partial charge in [-0.25, -0.2) is 4.39 Å². The van der Waals surface area contributed by atoms with Crippen molar-refractivity contribution < 1.29 is 19.1 Å². The lowest BCUT2D eigenvalue weighted by Gasteiger charge is -2.38. The van der Waals surface area contributed by atoms with E-state index in [9.17, 15) is 19.1 Å². The highest BCUT2D eigenvalue weighted by Crippen LogP contribution is 2.48. The van der Waals surface area contributed by atoms with Crippen molar-refractivity contribution in [3.8, 4) is 0 Å².